The Morgan fingerprint density at radius 2 is 0.978 bits per heavy atom. The number of anilines is 2. The maximum Gasteiger partial charge on any atom is 0.264 e. The zero-order valence-electron chi connectivity index (χ0n) is 24.9. The number of amides is 4. The van der Waals surface area contributed by atoms with E-state index in [0.717, 1.165) is 0 Å². The van der Waals surface area contributed by atoms with Crippen molar-refractivity contribution >= 4 is 78.2 Å². The van der Waals surface area contributed by atoms with Crippen LogP contribution in [-0.4, -0.2) is 112 Å². The Morgan fingerprint density at radius 1 is 0.609 bits per heavy atom. The fraction of sp³-hybridized carbons (Fsp3) is 0.467. The lowest BCUT2D eigenvalue weighted by atomic mass is 9.52. The summed E-state index contributed by atoms with van der Waals surface area (Å²) in [6, 6.07) is 14.8. The molecule has 16 heteroatoms. The summed E-state index contributed by atoms with van der Waals surface area (Å²) >= 11 is 0. The third-order valence-corrected chi connectivity index (χ3v) is 19.5. The quantitative estimate of drug-likeness (QED) is 0.320. The Hall–Kier alpha value is -2.76. The third kappa shape index (κ3) is 2.30. The number of carbonyl (C=O) groups excluding carboxylic acids is 4. The molecule has 10 aliphatic rings. The summed E-state index contributed by atoms with van der Waals surface area (Å²) in [6.45, 7) is 3.42. The zero-order chi connectivity index (χ0) is 32.1. The van der Waals surface area contributed by atoms with Crippen LogP contribution in [0.4, 0.5) is 11.4 Å². The highest BCUT2D eigenvalue weighted by Crippen LogP contribution is 2.78. The highest BCUT2D eigenvalue weighted by Gasteiger charge is 2.92. The van der Waals surface area contributed by atoms with Crippen molar-refractivity contribution in [2.75, 3.05) is 24.7 Å². The summed E-state index contributed by atoms with van der Waals surface area (Å²) in [5.74, 6) is -1.52. The molecule has 238 valence electrons. The van der Waals surface area contributed by atoms with Gasteiger partial charge in [-0.3, -0.25) is 29.0 Å². The minimum atomic E-state index is -1.76. The Balaban J connectivity index is 1.36. The van der Waals surface area contributed by atoms with Crippen molar-refractivity contribution < 1.29 is 29.4 Å². The fourth-order valence-electron chi connectivity index (χ4n) is 9.79. The average Bonchev–Trinajstić information content (AvgIpc) is 3.70. The van der Waals surface area contributed by atoms with Crippen LogP contribution in [0.5, 0.6) is 0 Å². The molecule has 0 aromatic heterocycles. The molecule has 4 N–H and O–H groups in total. The number of para-hydroxylation sites is 2. The van der Waals surface area contributed by atoms with Crippen LogP contribution in [0.3, 0.4) is 0 Å². The number of hydrogen-bond donors (Lipinski definition) is 4. The van der Waals surface area contributed by atoms with Crippen molar-refractivity contribution in [3.63, 3.8) is 0 Å². The normalized spacial score (nSPS) is 47.0. The molecule has 0 saturated carbocycles. The number of nitrogens with one attached hydrogen (secondary N) is 2. The highest BCUT2D eigenvalue weighted by atomic mass is 33.1. The van der Waals surface area contributed by atoms with Crippen molar-refractivity contribution in [1.29, 1.82) is 0 Å². The number of piperazine rings is 2. The Bertz CT molecular complexity index is 1760. The first kappa shape index (κ1) is 28.3. The number of rotatable bonds is 1. The van der Waals surface area contributed by atoms with Crippen molar-refractivity contribution in [3.8, 4) is 0 Å². The second kappa shape index (κ2) is 7.92. The largest absolute Gasteiger partial charge is 0.388 e. The first-order chi connectivity index (χ1) is 21.8. The standard InChI is InChI=1S/C30H28N6O6S4/c1-25-21(39)35-19-27(13-9-5-7-11-15(13)31-19,17(37)29(35,45-43-25)23(41)33(25)3)28-14-10-6-8-12-16(14)32-20(28)36-22(40)26(2)34(4)24(42)30(36,18(28)38)46-44-26/h5-12,17-20,31-32,37-38H,1-4H3/t17-,18-,19+,20+,25+,26+,27+,28+,29-,30-/m0/s1. The lowest BCUT2D eigenvalue weighted by molar-refractivity contribution is -0.166. The van der Waals surface area contributed by atoms with Crippen molar-refractivity contribution in [3.05, 3.63) is 59.7 Å². The van der Waals surface area contributed by atoms with Gasteiger partial charge in [-0.05, 0) is 58.7 Å². The second-order valence-electron chi connectivity index (χ2n) is 13.5. The molecule has 8 fully saturated rings. The molecule has 4 bridgehead atoms. The molecule has 12 nitrogen and oxygen atoms in total. The number of aliphatic hydroxyl groups is 2. The number of nitrogens with zero attached hydrogens (tertiary/aromatic N) is 4. The maximum absolute atomic E-state index is 14.7. The molecule has 10 atom stereocenters. The lowest BCUT2D eigenvalue weighted by Crippen LogP contribution is -2.77. The molecule has 2 aromatic carbocycles. The van der Waals surface area contributed by atoms with Gasteiger partial charge in [0, 0.05) is 25.5 Å². The summed E-state index contributed by atoms with van der Waals surface area (Å²) in [5.41, 5.74) is -0.775. The highest BCUT2D eigenvalue weighted by molar-refractivity contribution is 8.78. The summed E-state index contributed by atoms with van der Waals surface area (Å²) in [4.78, 5) is 58.2. The number of fused-ring (bicyclic) bond motifs is 11. The predicted octanol–water partition coefficient (Wildman–Crippen LogP) is 1.33. The van der Waals surface area contributed by atoms with Gasteiger partial charge < -0.3 is 30.6 Å². The number of benzene rings is 2. The van der Waals surface area contributed by atoms with E-state index in [-0.39, 0.29) is 11.8 Å². The zero-order valence-corrected chi connectivity index (χ0v) is 28.1. The van der Waals surface area contributed by atoms with E-state index >= 15 is 0 Å². The van der Waals surface area contributed by atoms with Gasteiger partial charge in [-0.15, -0.1) is 0 Å². The van der Waals surface area contributed by atoms with Crippen LogP contribution >= 0.6 is 43.2 Å². The molecule has 12 rings (SSSR count). The molecule has 10 heterocycles. The van der Waals surface area contributed by atoms with E-state index in [1.54, 1.807) is 27.9 Å². The summed E-state index contributed by atoms with van der Waals surface area (Å²) in [7, 11) is 7.98. The molecule has 0 aliphatic carbocycles. The smallest absolute Gasteiger partial charge is 0.264 e. The number of hydrogen-bond acceptors (Lipinski definition) is 12. The molecule has 4 amide bonds. The van der Waals surface area contributed by atoms with Gasteiger partial charge >= 0.3 is 0 Å². The second-order valence-corrected chi connectivity index (χ2v) is 19.0. The minimum absolute atomic E-state index is 0.342. The molecule has 0 radical (unpaired) electrons. The van der Waals surface area contributed by atoms with Gasteiger partial charge in [-0.1, -0.05) is 58.0 Å². The number of likely N-dealkylation sites (N-methyl/N-ethyl adjacent to an activating group) is 2. The van der Waals surface area contributed by atoms with Gasteiger partial charge in [0.25, 0.3) is 23.6 Å². The van der Waals surface area contributed by atoms with E-state index in [0.29, 0.717) is 22.5 Å². The van der Waals surface area contributed by atoms with Crippen molar-refractivity contribution in [2.24, 2.45) is 0 Å². The van der Waals surface area contributed by atoms with Gasteiger partial charge in [0.1, 0.15) is 24.5 Å². The van der Waals surface area contributed by atoms with Gasteiger partial charge in [0.2, 0.25) is 9.74 Å². The van der Waals surface area contributed by atoms with Crippen LogP contribution < -0.4 is 10.6 Å². The molecule has 0 unspecified atom stereocenters. The molecular weight excluding hydrogens is 669 g/mol. The van der Waals surface area contributed by atoms with E-state index in [9.17, 15) is 29.4 Å². The van der Waals surface area contributed by atoms with E-state index in [1.807, 2.05) is 48.5 Å². The maximum atomic E-state index is 14.7. The molecule has 46 heavy (non-hydrogen) atoms. The van der Waals surface area contributed by atoms with Gasteiger partial charge in [-0.25, -0.2) is 0 Å². The monoisotopic (exact) mass is 696 g/mol. The first-order valence-electron chi connectivity index (χ1n) is 14.9. The number of carbonyl (C=O) groups is 4. The Morgan fingerprint density at radius 3 is 1.37 bits per heavy atom. The molecule has 2 aromatic rings. The summed E-state index contributed by atoms with van der Waals surface area (Å²) in [5, 5.41) is 33.6. The van der Waals surface area contributed by atoms with Crippen molar-refractivity contribution in [1.82, 2.24) is 19.6 Å². The SMILES string of the molecule is CN1C(=O)[C@]23SS[C@]1(C)C(=O)N2[C@H]1Nc2ccccc2[C@@]1([C@@]12c4ccccc4N[C@@H]1N1C(=O)[C@@]4(C)SS[C@]1(C(=O)N4C)[C@H]2O)[C@@H]3O. The predicted molar refractivity (Wildman–Crippen MR) is 175 cm³/mol. The topological polar surface area (TPSA) is 146 Å². The molecular formula is C30H28N6O6S4. The van der Waals surface area contributed by atoms with Gasteiger partial charge in [-0.2, -0.15) is 0 Å². The fourth-order valence-corrected chi connectivity index (χ4v) is 16.9. The van der Waals surface area contributed by atoms with Gasteiger partial charge in [0.15, 0.2) is 9.74 Å². The average molecular weight is 697 g/mol. The minimum Gasteiger partial charge on any atom is -0.388 e. The van der Waals surface area contributed by atoms with Crippen LogP contribution in [0.25, 0.3) is 0 Å². The molecule has 10 aliphatic heterocycles. The van der Waals surface area contributed by atoms with Gasteiger partial charge in [0.05, 0.1) is 10.8 Å². The number of aliphatic hydroxyl groups excluding tert-OH is 2. The van der Waals surface area contributed by atoms with Crippen LogP contribution in [0, 0.1) is 0 Å². The summed E-state index contributed by atoms with van der Waals surface area (Å²) < 4.78 is 0. The van der Waals surface area contributed by atoms with E-state index < -0.39 is 66.7 Å². The van der Waals surface area contributed by atoms with Crippen LogP contribution in [0.1, 0.15) is 25.0 Å². The van der Waals surface area contributed by atoms with Crippen LogP contribution in [0.15, 0.2) is 48.5 Å². The first-order valence-corrected chi connectivity index (χ1v) is 19.2. The molecule has 2 spiro atoms. The van der Waals surface area contributed by atoms with Crippen LogP contribution in [0.2, 0.25) is 0 Å². The Kier molecular flexibility index (Phi) is 4.87. The Labute approximate surface area is 279 Å². The molecule has 8 saturated heterocycles. The van der Waals surface area contributed by atoms with Crippen LogP contribution in [-0.2, 0) is 30.0 Å². The third-order valence-electron chi connectivity index (χ3n) is 12.1. The van der Waals surface area contributed by atoms with E-state index in [4.69, 9.17) is 0 Å². The lowest BCUT2D eigenvalue weighted by Gasteiger charge is -2.58. The van der Waals surface area contributed by atoms with Crippen molar-refractivity contribution in [2.45, 2.75) is 68.7 Å². The van der Waals surface area contributed by atoms with E-state index in [2.05, 4.69) is 10.6 Å². The van der Waals surface area contributed by atoms with E-state index in [1.165, 1.54) is 62.8 Å². The summed E-state index contributed by atoms with van der Waals surface area (Å²) in [6.07, 6.45) is -5.21.